The smallest absolute Gasteiger partial charge is 0.0465 e. The molecule has 0 aliphatic carbocycles. The first kappa shape index (κ1) is 17.8. The number of unbranched alkanes of at least 4 members (excludes halogenated alkanes) is 7. The normalized spacial score (nSPS) is 10.9. The fraction of sp³-hybridized carbons (Fsp3) is 0.647. The molecule has 0 saturated carbocycles. The van der Waals surface area contributed by atoms with Gasteiger partial charge in [0.05, 0.1) is 0 Å². The highest BCUT2D eigenvalue weighted by Crippen LogP contribution is 2.20. The fourth-order valence-corrected chi connectivity index (χ4v) is 2.75. The van der Waals surface area contributed by atoms with Crippen molar-refractivity contribution in [1.29, 1.82) is 0 Å². The second kappa shape index (κ2) is 11.4. The summed E-state index contributed by atoms with van der Waals surface area (Å²) in [6.07, 6.45) is 10.9. The van der Waals surface area contributed by atoms with Crippen LogP contribution in [0.4, 0.5) is 0 Å². The minimum absolute atomic E-state index is 0.696. The summed E-state index contributed by atoms with van der Waals surface area (Å²) in [5.41, 5.74) is 1.12. The summed E-state index contributed by atoms with van der Waals surface area (Å²) < 4.78 is 0. The zero-order valence-corrected chi connectivity index (χ0v) is 14.1. The van der Waals surface area contributed by atoms with E-state index in [0.29, 0.717) is 5.02 Å². The van der Waals surface area contributed by atoms with Gasteiger partial charge in [0.1, 0.15) is 0 Å². The number of halogens is 2. The molecular weight excluding hydrogens is 289 g/mol. The van der Waals surface area contributed by atoms with E-state index < -0.39 is 0 Å². The Morgan fingerprint density at radius 1 is 0.900 bits per heavy atom. The molecule has 0 atom stereocenters. The SMILES string of the molecule is CCCCCCCCCCNCc1ccc(Cl)cc1Cl. The van der Waals surface area contributed by atoms with E-state index in [-0.39, 0.29) is 0 Å². The van der Waals surface area contributed by atoms with Crippen LogP contribution in [0, 0.1) is 0 Å². The Hall–Kier alpha value is -0.240. The third-order valence-electron chi connectivity index (χ3n) is 3.54. The van der Waals surface area contributed by atoms with Crippen LogP contribution in [0.1, 0.15) is 63.9 Å². The van der Waals surface area contributed by atoms with E-state index in [9.17, 15) is 0 Å². The lowest BCUT2D eigenvalue weighted by molar-refractivity contribution is 0.555. The van der Waals surface area contributed by atoms with Crippen molar-refractivity contribution in [3.05, 3.63) is 33.8 Å². The Kier molecular flexibility index (Phi) is 10.2. The Morgan fingerprint density at radius 3 is 2.20 bits per heavy atom. The highest BCUT2D eigenvalue weighted by atomic mass is 35.5. The third kappa shape index (κ3) is 8.14. The predicted molar refractivity (Wildman–Crippen MR) is 90.8 cm³/mol. The van der Waals surface area contributed by atoms with Crippen LogP contribution in [-0.4, -0.2) is 6.54 Å². The second-order valence-electron chi connectivity index (χ2n) is 5.39. The van der Waals surface area contributed by atoms with Crippen molar-refractivity contribution < 1.29 is 0 Å². The molecular formula is C17H27Cl2N. The quantitative estimate of drug-likeness (QED) is 0.478. The van der Waals surface area contributed by atoms with Crippen LogP contribution in [0.15, 0.2) is 18.2 Å². The Balaban J connectivity index is 1.97. The van der Waals surface area contributed by atoms with E-state index in [1.165, 1.54) is 51.4 Å². The van der Waals surface area contributed by atoms with Crippen molar-refractivity contribution in [2.45, 2.75) is 64.8 Å². The topological polar surface area (TPSA) is 12.0 Å². The molecule has 0 aromatic heterocycles. The Bertz CT molecular complexity index is 366. The van der Waals surface area contributed by atoms with Crippen molar-refractivity contribution in [2.24, 2.45) is 0 Å². The van der Waals surface area contributed by atoms with E-state index in [1.807, 2.05) is 12.1 Å². The average Bonchev–Trinajstić information content (AvgIpc) is 2.43. The molecule has 1 aromatic rings. The van der Waals surface area contributed by atoms with Gasteiger partial charge in [0, 0.05) is 16.6 Å². The van der Waals surface area contributed by atoms with Crippen molar-refractivity contribution in [1.82, 2.24) is 5.32 Å². The Labute approximate surface area is 134 Å². The van der Waals surface area contributed by atoms with Crippen LogP contribution >= 0.6 is 23.2 Å². The lowest BCUT2D eigenvalue weighted by Gasteiger charge is -2.07. The summed E-state index contributed by atoms with van der Waals surface area (Å²) in [6, 6.07) is 5.68. The third-order valence-corrected chi connectivity index (χ3v) is 4.12. The molecule has 20 heavy (non-hydrogen) atoms. The molecule has 0 unspecified atom stereocenters. The highest BCUT2D eigenvalue weighted by Gasteiger charge is 2.00. The van der Waals surface area contributed by atoms with E-state index in [1.54, 1.807) is 6.07 Å². The van der Waals surface area contributed by atoms with Gasteiger partial charge in [0.2, 0.25) is 0 Å². The van der Waals surface area contributed by atoms with Gasteiger partial charge in [-0.25, -0.2) is 0 Å². The Morgan fingerprint density at radius 2 is 1.55 bits per heavy atom. The number of rotatable bonds is 11. The van der Waals surface area contributed by atoms with Crippen molar-refractivity contribution in [3.8, 4) is 0 Å². The summed E-state index contributed by atoms with van der Waals surface area (Å²) in [7, 11) is 0. The van der Waals surface area contributed by atoms with Crippen LogP contribution in [0.25, 0.3) is 0 Å². The average molecular weight is 316 g/mol. The number of hydrogen-bond acceptors (Lipinski definition) is 1. The summed E-state index contributed by atoms with van der Waals surface area (Å²) in [6.45, 7) is 4.15. The van der Waals surface area contributed by atoms with E-state index in [0.717, 1.165) is 23.7 Å². The summed E-state index contributed by atoms with van der Waals surface area (Å²) in [5.74, 6) is 0. The molecule has 0 heterocycles. The molecule has 0 spiro atoms. The minimum atomic E-state index is 0.696. The van der Waals surface area contributed by atoms with Gasteiger partial charge in [-0.1, -0.05) is 81.1 Å². The van der Waals surface area contributed by atoms with Crippen molar-refractivity contribution in [2.75, 3.05) is 6.54 Å². The maximum absolute atomic E-state index is 6.13. The molecule has 1 nitrogen and oxygen atoms in total. The first-order valence-electron chi connectivity index (χ1n) is 7.88. The lowest BCUT2D eigenvalue weighted by Crippen LogP contribution is -2.14. The lowest BCUT2D eigenvalue weighted by atomic mass is 10.1. The zero-order chi connectivity index (χ0) is 14.6. The largest absolute Gasteiger partial charge is 0.313 e. The van der Waals surface area contributed by atoms with Crippen LogP contribution in [-0.2, 0) is 6.54 Å². The molecule has 0 bridgehead atoms. The number of benzene rings is 1. The molecule has 0 fully saturated rings. The molecule has 0 aliphatic heterocycles. The fourth-order valence-electron chi connectivity index (χ4n) is 2.27. The van der Waals surface area contributed by atoms with Gasteiger partial charge in [-0.3, -0.25) is 0 Å². The predicted octanol–water partition coefficient (Wildman–Crippen LogP) is 6.22. The molecule has 0 saturated heterocycles. The molecule has 1 rings (SSSR count). The molecule has 1 N–H and O–H groups in total. The van der Waals surface area contributed by atoms with Crippen molar-refractivity contribution >= 4 is 23.2 Å². The first-order valence-corrected chi connectivity index (χ1v) is 8.64. The van der Waals surface area contributed by atoms with Crippen LogP contribution in [0.3, 0.4) is 0 Å². The number of nitrogens with one attached hydrogen (secondary N) is 1. The van der Waals surface area contributed by atoms with Crippen LogP contribution in [0.5, 0.6) is 0 Å². The molecule has 1 aromatic carbocycles. The van der Waals surface area contributed by atoms with Gasteiger partial charge in [-0.05, 0) is 30.7 Å². The van der Waals surface area contributed by atoms with E-state index in [4.69, 9.17) is 23.2 Å². The molecule has 114 valence electrons. The van der Waals surface area contributed by atoms with Gasteiger partial charge in [-0.15, -0.1) is 0 Å². The van der Waals surface area contributed by atoms with Gasteiger partial charge >= 0.3 is 0 Å². The van der Waals surface area contributed by atoms with Crippen LogP contribution in [0.2, 0.25) is 10.0 Å². The standard InChI is InChI=1S/C17H27Cl2N/c1-2-3-4-5-6-7-8-9-12-20-14-15-10-11-16(18)13-17(15)19/h10-11,13,20H,2-9,12,14H2,1H3. The monoisotopic (exact) mass is 315 g/mol. The molecule has 0 radical (unpaired) electrons. The number of hydrogen-bond donors (Lipinski definition) is 1. The maximum atomic E-state index is 6.13. The highest BCUT2D eigenvalue weighted by molar-refractivity contribution is 6.35. The van der Waals surface area contributed by atoms with Crippen molar-refractivity contribution in [3.63, 3.8) is 0 Å². The molecule has 0 aliphatic rings. The maximum Gasteiger partial charge on any atom is 0.0465 e. The summed E-state index contributed by atoms with van der Waals surface area (Å²) in [4.78, 5) is 0. The summed E-state index contributed by atoms with van der Waals surface area (Å²) >= 11 is 12.0. The van der Waals surface area contributed by atoms with Gasteiger partial charge in [0.15, 0.2) is 0 Å². The molecule has 0 amide bonds. The summed E-state index contributed by atoms with van der Waals surface area (Å²) in [5, 5.41) is 4.89. The van der Waals surface area contributed by atoms with E-state index >= 15 is 0 Å². The van der Waals surface area contributed by atoms with Gasteiger partial charge < -0.3 is 5.32 Å². The first-order chi connectivity index (χ1) is 9.74. The van der Waals surface area contributed by atoms with Crippen LogP contribution < -0.4 is 5.32 Å². The van der Waals surface area contributed by atoms with E-state index in [2.05, 4.69) is 12.2 Å². The second-order valence-corrected chi connectivity index (χ2v) is 6.23. The zero-order valence-electron chi connectivity index (χ0n) is 12.6. The van der Waals surface area contributed by atoms with Gasteiger partial charge in [0.25, 0.3) is 0 Å². The van der Waals surface area contributed by atoms with Gasteiger partial charge in [-0.2, -0.15) is 0 Å². The minimum Gasteiger partial charge on any atom is -0.313 e. The molecule has 3 heteroatoms.